The van der Waals surface area contributed by atoms with Crippen LogP contribution in [-0.2, 0) is 4.79 Å². The Bertz CT molecular complexity index is 975. The number of hydrogen-bond acceptors (Lipinski definition) is 4. The number of aliphatic carboxylic acids is 1. The number of furan rings is 1. The molecule has 1 heterocycles. The number of nitrogens with zero attached hydrogens (tertiary/aromatic N) is 1. The fourth-order valence-corrected chi connectivity index (χ4v) is 2.34. The molecular weight excluding hydrogens is 306 g/mol. The van der Waals surface area contributed by atoms with Gasteiger partial charge in [-0.2, -0.15) is 5.26 Å². The minimum Gasteiger partial charge on any atom is -0.497 e. The summed E-state index contributed by atoms with van der Waals surface area (Å²) in [4.78, 5) is 10.9. The Hall–Kier alpha value is -3.52. The summed E-state index contributed by atoms with van der Waals surface area (Å²) >= 11 is 0. The van der Waals surface area contributed by atoms with Crippen LogP contribution < -0.4 is 4.74 Å². The van der Waals surface area contributed by atoms with Gasteiger partial charge in [-0.15, -0.1) is 0 Å². The standard InChI is InChI=1S/C19H13NO4/c1-23-16-6-4-13(5-7-16)18-10-14-3-2-12(9-17(14)24-18)8-15(11-20)19(21)22/h2-10H,1H3,(H,21,22)/b15-8-. The molecule has 0 atom stereocenters. The molecule has 0 spiro atoms. The number of ether oxygens (including phenoxy) is 1. The topological polar surface area (TPSA) is 83.5 Å². The van der Waals surface area contributed by atoms with Gasteiger partial charge < -0.3 is 14.3 Å². The van der Waals surface area contributed by atoms with E-state index in [1.54, 1.807) is 25.3 Å². The number of carbonyl (C=O) groups is 1. The van der Waals surface area contributed by atoms with Crippen LogP contribution in [0.5, 0.6) is 5.75 Å². The minimum atomic E-state index is -1.25. The van der Waals surface area contributed by atoms with Crippen LogP contribution >= 0.6 is 0 Å². The summed E-state index contributed by atoms with van der Waals surface area (Å²) in [5, 5.41) is 18.6. The van der Waals surface area contributed by atoms with E-state index in [1.807, 2.05) is 36.4 Å². The number of fused-ring (bicyclic) bond motifs is 1. The SMILES string of the molecule is COc1ccc(-c2cc3ccc(/C=C(/C#N)C(=O)O)cc3o2)cc1. The lowest BCUT2D eigenvalue weighted by Gasteiger charge is -2.00. The van der Waals surface area contributed by atoms with Crippen LogP contribution in [-0.4, -0.2) is 18.2 Å². The Labute approximate surface area is 138 Å². The highest BCUT2D eigenvalue weighted by Gasteiger charge is 2.09. The summed E-state index contributed by atoms with van der Waals surface area (Å²) in [5.41, 5.74) is 1.80. The predicted molar refractivity (Wildman–Crippen MR) is 89.4 cm³/mol. The molecule has 0 aliphatic rings. The molecule has 3 aromatic rings. The summed E-state index contributed by atoms with van der Waals surface area (Å²) in [6.07, 6.45) is 1.32. The third-order valence-electron chi connectivity index (χ3n) is 3.58. The highest BCUT2D eigenvalue weighted by atomic mass is 16.5. The van der Waals surface area contributed by atoms with Gasteiger partial charge in [0, 0.05) is 10.9 Å². The van der Waals surface area contributed by atoms with Crippen molar-refractivity contribution in [1.82, 2.24) is 0 Å². The number of carboxylic acids is 1. The van der Waals surface area contributed by atoms with Crippen LogP contribution in [0.2, 0.25) is 0 Å². The molecular formula is C19H13NO4. The van der Waals surface area contributed by atoms with Crippen molar-refractivity contribution in [3.8, 4) is 23.1 Å². The average molecular weight is 319 g/mol. The van der Waals surface area contributed by atoms with Crippen LogP contribution in [0.15, 0.2) is 58.5 Å². The second-order valence-corrected chi connectivity index (χ2v) is 5.11. The first kappa shape index (κ1) is 15.4. The molecule has 3 rings (SSSR count). The largest absolute Gasteiger partial charge is 0.497 e. The van der Waals surface area contributed by atoms with Crippen LogP contribution in [0.25, 0.3) is 28.4 Å². The molecule has 1 N–H and O–H groups in total. The lowest BCUT2D eigenvalue weighted by molar-refractivity contribution is -0.132. The molecule has 0 fully saturated rings. The number of nitriles is 1. The monoisotopic (exact) mass is 319 g/mol. The number of benzene rings is 2. The maximum Gasteiger partial charge on any atom is 0.346 e. The van der Waals surface area contributed by atoms with E-state index in [0.717, 1.165) is 16.7 Å². The van der Waals surface area contributed by atoms with Gasteiger partial charge in [0.05, 0.1) is 7.11 Å². The van der Waals surface area contributed by atoms with Gasteiger partial charge in [0.1, 0.15) is 28.7 Å². The van der Waals surface area contributed by atoms with E-state index in [2.05, 4.69) is 0 Å². The minimum absolute atomic E-state index is 0.323. The van der Waals surface area contributed by atoms with E-state index in [4.69, 9.17) is 19.5 Å². The number of hydrogen-bond donors (Lipinski definition) is 1. The number of rotatable bonds is 4. The fourth-order valence-electron chi connectivity index (χ4n) is 2.34. The van der Waals surface area contributed by atoms with Gasteiger partial charge in [-0.3, -0.25) is 0 Å². The molecule has 5 heteroatoms. The Kier molecular flexibility index (Phi) is 4.04. The molecule has 2 aromatic carbocycles. The van der Waals surface area contributed by atoms with Crippen molar-refractivity contribution < 1.29 is 19.1 Å². The molecule has 24 heavy (non-hydrogen) atoms. The molecule has 0 bridgehead atoms. The van der Waals surface area contributed by atoms with E-state index in [9.17, 15) is 4.79 Å². The normalized spacial score (nSPS) is 11.2. The lowest BCUT2D eigenvalue weighted by atomic mass is 10.1. The Morgan fingerprint density at radius 3 is 2.58 bits per heavy atom. The van der Waals surface area contributed by atoms with Crippen molar-refractivity contribution in [2.24, 2.45) is 0 Å². The third kappa shape index (κ3) is 2.99. The smallest absolute Gasteiger partial charge is 0.346 e. The maximum absolute atomic E-state index is 10.9. The quantitative estimate of drug-likeness (QED) is 0.578. The molecule has 0 saturated heterocycles. The summed E-state index contributed by atoms with van der Waals surface area (Å²) in [5.74, 6) is 0.212. The molecule has 0 saturated carbocycles. The number of carboxylic acid groups (broad SMARTS) is 1. The molecule has 0 aliphatic carbocycles. The van der Waals surface area contributed by atoms with Crippen LogP contribution in [0.3, 0.4) is 0 Å². The van der Waals surface area contributed by atoms with Gasteiger partial charge in [-0.25, -0.2) is 4.79 Å². The molecule has 0 aliphatic heterocycles. The van der Waals surface area contributed by atoms with E-state index >= 15 is 0 Å². The molecule has 0 unspecified atom stereocenters. The van der Waals surface area contributed by atoms with Gasteiger partial charge in [-0.05, 0) is 48.0 Å². The van der Waals surface area contributed by atoms with Crippen molar-refractivity contribution in [3.05, 3.63) is 59.7 Å². The maximum atomic E-state index is 10.9. The second-order valence-electron chi connectivity index (χ2n) is 5.11. The van der Waals surface area contributed by atoms with Gasteiger partial charge in [-0.1, -0.05) is 12.1 Å². The van der Waals surface area contributed by atoms with E-state index in [1.165, 1.54) is 6.08 Å². The highest BCUT2D eigenvalue weighted by Crippen LogP contribution is 2.30. The molecule has 118 valence electrons. The van der Waals surface area contributed by atoms with Crippen molar-refractivity contribution in [3.63, 3.8) is 0 Å². The van der Waals surface area contributed by atoms with Gasteiger partial charge >= 0.3 is 5.97 Å². The highest BCUT2D eigenvalue weighted by molar-refractivity contribution is 5.97. The first-order valence-corrected chi connectivity index (χ1v) is 7.14. The first-order chi connectivity index (χ1) is 11.6. The summed E-state index contributed by atoms with van der Waals surface area (Å²) in [6, 6.07) is 16.4. The summed E-state index contributed by atoms with van der Waals surface area (Å²) in [7, 11) is 1.61. The third-order valence-corrected chi connectivity index (χ3v) is 3.58. The Balaban J connectivity index is 2.00. The van der Waals surface area contributed by atoms with Crippen molar-refractivity contribution >= 4 is 23.0 Å². The van der Waals surface area contributed by atoms with E-state index in [-0.39, 0.29) is 5.57 Å². The van der Waals surface area contributed by atoms with Gasteiger partial charge in [0.15, 0.2) is 0 Å². The predicted octanol–water partition coefficient (Wildman–Crippen LogP) is 4.10. The fraction of sp³-hybridized carbons (Fsp3) is 0.0526. The Morgan fingerprint density at radius 2 is 1.96 bits per heavy atom. The van der Waals surface area contributed by atoms with Gasteiger partial charge in [0.25, 0.3) is 0 Å². The zero-order valence-corrected chi connectivity index (χ0v) is 12.8. The molecule has 0 radical (unpaired) electrons. The van der Waals surface area contributed by atoms with E-state index < -0.39 is 5.97 Å². The Morgan fingerprint density at radius 1 is 1.21 bits per heavy atom. The zero-order chi connectivity index (χ0) is 17.1. The number of methoxy groups -OCH3 is 1. The summed E-state index contributed by atoms with van der Waals surface area (Å²) in [6.45, 7) is 0. The molecule has 1 aromatic heterocycles. The first-order valence-electron chi connectivity index (χ1n) is 7.14. The molecule has 0 amide bonds. The lowest BCUT2D eigenvalue weighted by Crippen LogP contribution is -1.97. The van der Waals surface area contributed by atoms with E-state index in [0.29, 0.717) is 16.9 Å². The zero-order valence-electron chi connectivity index (χ0n) is 12.8. The summed E-state index contributed by atoms with van der Waals surface area (Å²) < 4.78 is 11.0. The molecule has 5 nitrogen and oxygen atoms in total. The van der Waals surface area contributed by atoms with Gasteiger partial charge in [0.2, 0.25) is 0 Å². The van der Waals surface area contributed by atoms with Crippen molar-refractivity contribution in [2.75, 3.05) is 7.11 Å². The second kappa shape index (κ2) is 6.31. The van der Waals surface area contributed by atoms with Crippen LogP contribution in [0.4, 0.5) is 0 Å². The van der Waals surface area contributed by atoms with Crippen molar-refractivity contribution in [1.29, 1.82) is 5.26 Å². The van der Waals surface area contributed by atoms with Crippen LogP contribution in [0, 0.1) is 11.3 Å². The van der Waals surface area contributed by atoms with Crippen LogP contribution in [0.1, 0.15) is 5.56 Å². The average Bonchev–Trinajstić information content (AvgIpc) is 3.02. The van der Waals surface area contributed by atoms with Crippen molar-refractivity contribution in [2.45, 2.75) is 0 Å².